The summed E-state index contributed by atoms with van der Waals surface area (Å²) < 4.78 is 5.24. The van der Waals surface area contributed by atoms with Crippen molar-refractivity contribution in [1.29, 1.82) is 0 Å². The smallest absolute Gasteiger partial charge is 0.247 e. The minimum absolute atomic E-state index is 0.0719. The van der Waals surface area contributed by atoms with E-state index in [0.717, 1.165) is 12.0 Å². The molecule has 0 aliphatic carbocycles. The lowest BCUT2D eigenvalue weighted by Gasteiger charge is -2.23. The first-order valence-electron chi connectivity index (χ1n) is 7.02. The number of nitrogens with zero attached hydrogens (tertiary/aromatic N) is 1. The van der Waals surface area contributed by atoms with Crippen LogP contribution >= 0.6 is 0 Å². The van der Waals surface area contributed by atoms with Gasteiger partial charge in [0, 0.05) is 6.54 Å². The first-order chi connectivity index (χ1) is 10.1. The Morgan fingerprint density at radius 1 is 1.48 bits per heavy atom. The zero-order valence-electron chi connectivity index (χ0n) is 12.4. The van der Waals surface area contributed by atoms with E-state index in [4.69, 9.17) is 10.5 Å². The third-order valence-electron chi connectivity index (χ3n) is 3.66. The molecule has 0 bridgehead atoms. The molecule has 2 amide bonds. The van der Waals surface area contributed by atoms with E-state index < -0.39 is 6.04 Å². The molecule has 1 aromatic rings. The second-order valence-corrected chi connectivity index (χ2v) is 5.14. The number of ether oxygens (including phenoxy) is 1. The average Bonchev–Trinajstić information content (AvgIpc) is 2.96. The average molecular weight is 291 g/mol. The Morgan fingerprint density at radius 2 is 2.24 bits per heavy atom. The summed E-state index contributed by atoms with van der Waals surface area (Å²) in [5.74, 6) is 0.214. The molecular formula is C15H21N3O3. The van der Waals surface area contributed by atoms with Crippen LogP contribution in [0, 0.1) is 6.92 Å². The minimum atomic E-state index is -0.453. The van der Waals surface area contributed by atoms with Gasteiger partial charge in [0.05, 0.1) is 19.3 Å². The van der Waals surface area contributed by atoms with E-state index in [1.165, 1.54) is 0 Å². The highest BCUT2D eigenvalue weighted by Crippen LogP contribution is 2.27. The fraction of sp³-hybridized carbons (Fsp3) is 0.467. The number of likely N-dealkylation sites (tertiary alicyclic amines) is 1. The lowest BCUT2D eigenvalue weighted by molar-refractivity contribution is -0.135. The molecule has 1 aliphatic heterocycles. The molecule has 1 aliphatic rings. The lowest BCUT2D eigenvalue weighted by Crippen LogP contribution is -2.45. The molecule has 1 atom stereocenters. The number of hydrogen-bond acceptors (Lipinski definition) is 4. The number of benzene rings is 1. The van der Waals surface area contributed by atoms with Gasteiger partial charge in [-0.1, -0.05) is 6.07 Å². The molecule has 0 spiro atoms. The van der Waals surface area contributed by atoms with Crippen molar-refractivity contribution in [3.63, 3.8) is 0 Å². The summed E-state index contributed by atoms with van der Waals surface area (Å²) >= 11 is 0. The molecule has 3 N–H and O–H groups in total. The molecule has 1 fully saturated rings. The van der Waals surface area contributed by atoms with Crippen molar-refractivity contribution in [2.45, 2.75) is 25.8 Å². The number of methoxy groups -OCH3 is 1. The van der Waals surface area contributed by atoms with Crippen LogP contribution in [0.5, 0.6) is 5.75 Å². The second-order valence-electron chi connectivity index (χ2n) is 5.14. The van der Waals surface area contributed by atoms with Crippen LogP contribution in [0.2, 0.25) is 0 Å². The molecule has 0 radical (unpaired) electrons. The Kier molecular flexibility index (Phi) is 4.80. The summed E-state index contributed by atoms with van der Waals surface area (Å²) in [5.41, 5.74) is 7.03. The van der Waals surface area contributed by atoms with E-state index in [1.807, 2.05) is 25.1 Å². The molecule has 6 heteroatoms. The standard InChI is InChI=1S/C15H21N3O3/c1-10-5-6-13(21-2)11(8-10)17-15(20)12-4-3-7-18(12)14(19)9-16/h5-6,8,12H,3-4,7,9,16H2,1-2H3,(H,17,20). The number of rotatable bonds is 4. The number of nitrogens with one attached hydrogen (secondary N) is 1. The summed E-state index contributed by atoms with van der Waals surface area (Å²) in [7, 11) is 1.56. The van der Waals surface area contributed by atoms with Crippen LogP contribution < -0.4 is 15.8 Å². The Balaban J connectivity index is 2.14. The van der Waals surface area contributed by atoms with Crippen LogP contribution in [0.25, 0.3) is 0 Å². The quantitative estimate of drug-likeness (QED) is 0.863. The Bertz CT molecular complexity index is 545. The van der Waals surface area contributed by atoms with Crippen molar-refractivity contribution in [3.8, 4) is 5.75 Å². The van der Waals surface area contributed by atoms with E-state index in [-0.39, 0.29) is 18.4 Å². The topological polar surface area (TPSA) is 84.7 Å². The van der Waals surface area contributed by atoms with Crippen LogP contribution in [0.3, 0.4) is 0 Å². The Labute approximate surface area is 124 Å². The summed E-state index contributed by atoms with van der Waals surface area (Å²) in [6.45, 7) is 2.45. The van der Waals surface area contributed by atoms with Gasteiger partial charge in [-0.3, -0.25) is 9.59 Å². The lowest BCUT2D eigenvalue weighted by atomic mass is 10.1. The van der Waals surface area contributed by atoms with E-state index in [0.29, 0.717) is 24.4 Å². The second kappa shape index (κ2) is 6.58. The van der Waals surface area contributed by atoms with E-state index >= 15 is 0 Å². The van der Waals surface area contributed by atoms with E-state index in [9.17, 15) is 9.59 Å². The zero-order valence-corrected chi connectivity index (χ0v) is 12.4. The van der Waals surface area contributed by atoms with Crippen LogP contribution in [-0.2, 0) is 9.59 Å². The number of aryl methyl sites for hydroxylation is 1. The van der Waals surface area contributed by atoms with Gasteiger partial charge in [0.15, 0.2) is 0 Å². The van der Waals surface area contributed by atoms with Crippen molar-refractivity contribution in [1.82, 2.24) is 4.90 Å². The highest BCUT2D eigenvalue weighted by atomic mass is 16.5. The first-order valence-corrected chi connectivity index (χ1v) is 7.02. The monoisotopic (exact) mass is 291 g/mol. The van der Waals surface area contributed by atoms with Crippen LogP contribution in [0.15, 0.2) is 18.2 Å². The number of anilines is 1. The highest BCUT2D eigenvalue weighted by molar-refractivity contribution is 5.98. The van der Waals surface area contributed by atoms with Gasteiger partial charge < -0.3 is 20.7 Å². The van der Waals surface area contributed by atoms with Gasteiger partial charge in [0.25, 0.3) is 0 Å². The van der Waals surface area contributed by atoms with Gasteiger partial charge in [-0.2, -0.15) is 0 Å². The SMILES string of the molecule is COc1ccc(C)cc1NC(=O)C1CCCN1C(=O)CN. The largest absolute Gasteiger partial charge is 0.495 e. The number of nitrogens with two attached hydrogens (primary N) is 1. The molecule has 1 unspecified atom stereocenters. The third-order valence-corrected chi connectivity index (χ3v) is 3.66. The Morgan fingerprint density at radius 3 is 2.90 bits per heavy atom. The van der Waals surface area contributed by atoms with E-state index in [2.05, 4.69) is 5.32 Å². The van der Waals surface area contributed by atoms with Crippen molar-refractivity contribution in [2.24, 2.45) is 5.73 Å². The van der Waals surface area contributed by atoms with Crippen LogP contribution in [-0.4, -0.2) is 43.0 Å². The number of carbonyl (C=O) groups is 2. The van der Waals surface area contributed by atoms with Crippen molar-refractivity contribution >= 4 is 17.5 Å². The van der Waals surface area contributed by atoms with Crippen LogP contribution in [0.4, 0.5) is 5.69 Å². The number of carbonyl (C=O) groups excluding carboxylic acids is 2. The summed E-state index contributed by atoms with van der Waals surface area (Å²) in [6, 6.07) is 5.11. The predicted octanol–water partition coefficient (Wildman–Crippen LogP) is 0.892. The molecule has 1 aromatic carbocycles. The normalized spacial score (nSPS) is 17.7. The van der Waals surface area contributed by atoms with Gasteiger partial charge in [0.1, 0.15) is 11.8 Å². The Hall–Kier alpha value is -2.08. The molecule has 21 heavy (non-hydrogen) atoms. The van der Waals surface area contributed by atoms with Crippen LogP contribution in [0.1, 0.15) is 18.4 Å². The van der Waals surface area contributed by atoms with Gasteiger partial charge >= 0.3 is 0 Å². The molecular weight excluding hydrogens is 270 g/mol. The van der Waals surface area contributed by atoms with Gasteiger partial charge in [-0.25, -0.2) is 0 Å². The summed E-state index contributed by atoms with van der Waals surface area (Å²) in [5, 5.41) is 2.85. The molecule has 0 aromatic heterocycles. The third kappa shape index (κ3) is 3.33. The summed E-state index contributed by atoms with van der Waals surface area (Å²) in [4.78, 5) is 25.7. The maximum atomic E-state index is 12.4. The maximum Gasteiger partial charge on any atom is 0.247 e. The fourth-order valence-electron chi connectivity index (χ4n) is 2.59. The molecule has 114 valence electrons. The number of hydrogen-bond donors (Lipinski definition) is 2. The molecule has 6 nitrogen and oxygen atoms in total. The fourth-order valence-corrected chi connectivity index (χ4v) is 2.59. The van der Waals surface area contributed by atoms with Gasteiger partial charge in [-0.15, -0.1) is 0 Å². The molecule has 2 rings (SSSR count). The molecule has 1 heterocycles. The first kappa shape index (κ1) is 15.3. The minimum Gasteiger partial charge on any atom is -0.495 e. The van der Waals surface area contributed by atoms with Crippen molar-refractivity contribution in [3.05, 3.63) is 23.8 Å². The predicted molar refractivity (Wildman–Crippen MR) is 80.2 cm³/mol. The zero-order chi connectivity index (χ0) is 15.4. The van der Waals surface area contributed by atoms with Crippen molar-refractivity contribution in [2.75, 3.05) is 25.5 Å². The molecule has 1 saturated heterocycles. The highest BCUT2D eigenvalue weighted by Gasteiger charge is 2.33. The number of amides is 2. The van der Waals surface area contributed by atoms with Gasteiger partial charge in [0.2, 0.25) is 11.8 Å². The summed E-state index contributed by atoms with van der Waals surface area (Å²) in [6.07, 6.45) is 1.47. The maximum absolute atomic E-state index is 12.4. The molecule has 0 saturated carbocycles. The van der Waals surface area contributed by atoms with E-state index in [1.54, 1.807) is 12.0 Å². The van der Waals surface area contributed by atoms with Gasteiger partial charge in [-0.05, 0) is 37.5 Å². The van der Waals surface area contributed by atoms with Crippen molar-refractivity contribution < 1.29 is 14.3 Å².